The van der Waals surface area contributed by atoms with Crippen LogP contribution in [0.2, 0.25) is 0 Å². The summed E-state index contributed by atoms with van der Waals surface area (Å²) in [7, 11) is 0. The number of aromatic nitrogens is 1. The van der Waals surface area contributed by atoms with Gasteiger partial charge in [0.05, 0.1) is 16.6 Å². The third kappa shape index (κ3) is 2.31. The van der Waals surface area contributed by atoms with Gasteiger partial charge in [0.25, 0.3) is 5.56 Å². The molecule has 0 atom stereocenters. The largest absolute Gasteiger partial charge is 0.420 e. The highest BCUT2D eigenvalue weighted by molar-refractivity contribution is 5.83. The van der Waals surface area contributed by atoms with Crippen LogP contribution < -0.4 is 5.56 Å². The molecule has 9 heteroatoms. The average molecular weight is 349 g/mol. The molecule has 0 amide bonds. The lowest BCUT2D eigenvalue weighted by Gasteiger charge is -2.19. The normalized spacial score (nSPS) is 13.0. The van der Waals surface area contributed by atoms with E-state index in [4.69, 9.17) is 0 Å². The quantitative estimate of drug-likeness (QED) is 0.428. The van der Waals surface area contributed by atoms with E-state index in [0.717, 1.165) is 12.1 Å². The molecule has 3 aromatic rings. The highest BCUT2D eigenvalue weighted by Crippen LogP contribution is 2.43. The third-order valence-corrected chi connectivity index (χ3v) is 3.52. The molecule has 0 spiro atoms. The predicted octanol–water partition coefficient (Wildman–Crippen LogP) is 4.63. The van der Waals surface area contributed by atoms with Crippen LogP contribution in [0.4, 0.5) is 30.7 Å². The maximum absolute atomic E-state index is 14.0. The van der Waals surface area contributed by atoms with Crippen LogP contribution in [0, 0.1) is 5.82 Å². The Morgan fingerprint density at radius 2 is 1.33 bits per heavy atom. The zero-order valence-electron chi connectivity index (χ0n) is 11.5. The third-order valence-electron chi connectivity index (χ3n) is 3.52. The molecule has 2 heterocycles. The molecule has 24 heavy (non-hydrogen) atoms. The molecule has 0 bridgehead atoms. The number of benzene rings is 1. The molecule has 0 aliphatic rings. The van der Waals surface area contributed by atoms with Gasteiger partial charge in [-0.05, 0) is 17.5 Å². The molecular formula is C15H6F7NO. The predicted molar refractivity (Wildman–Crippen MR) is 71.1 cm³/mol. The van der Waals surface area contributed by atoms with Crippen molar-refractivity contribution in [2.75, 3.05) is 0 Å². The van der Waals surface area contributed by atoms with Crippen LogP contribution >= 0.6 is 0 Å². The second-order valence-corrected chi connectivity index (χ2v) is 4.98. The number of para-hydroxylation sites is 1. The topological polar surface area (TPSA) is 21.5 Å². The molecule has 0 unspecified atom stereocenters. The van der Waals surface area contributed by atoms with E-state index in [2.05, 4.69) is 0 Å². The molecule has 0 radical (unpaired) electrons. The summed E-state index contributed by atoms with van der Waals surface area (Å²) in [5.74, 6) is -2.48. The fourth-order valence-electron chi connectivity index (χ4n) is 2.62. The monoisotopic (exact) mass is 349 g/mol. The van der Waals surface area contributed by atoms with Gasteiger partial charge in [0.1, 0.15) is 5.56 Å². The SMILES string of the molecule is O=c1c(F)c(C(F)(F)F)c(C(F)(F)F)c2ccc3ccccc3n12. The number of pyridine rings is 2. The van der Waals surface area contributed by atoms with Crippen LogP contribution in [0.25, 0.3) is 16.4 Å². The molecule has 2 nitrogen and oxygen atoms in total. The Morgan fingerprint density at radius 3 is 1.92 bits per heavy atom. The maximum Gasteiger partial charge on any atom is 0.420 e. The fourth-order valence-corrected chi connectivity index (χ4v) is 2.62. The first-order chi connectivity index (χ1) is 11.0. The van der Waals surface area contributed by atoms with Crippen LogP contribution in [-0.4, -0.2) is 4.40 Å². The zero-order chi connectivity index (χ0) is 17.9. The molecule has 0 fully saturated rings. The average Bonchev–Trinajstić information content (AvgIpc) is 2.47. The Labute approximate surface area is 128 Å². The Hall–Kier alpha value is -2.58. The summed E-state index contributed by atoms with van der Waals surface area (Å²) in [6.07, 6.45) is -11.2. The summed E-state index contributed by atoms with van der Waals surface area (Å²) in [6.45, 7) is 0. The molecule has 3 rings (SSSR count). The second-order valence-electron chi connectivity index (χ2n) is 4.98. The van der Waals surface area contributed by atoms with Crippen LogP contribution in [0.5, 0.6) is 0 Å². The van der Waals surface area contributed by atoms with Crippen LogP contribution in [0.3, 0.4) is 0 Å². The van der Waals surface area contributed by atoms with E-state index in [0.29, 0.717) is 4.40 Å². The molecule has 126 valence electrons. The van der Waals surface area contributed by atoms with Crippen molar-refractivity contribution in [2.45, 2.75) is 12.4 Å². The fraction of sp³-hybridized carbons (Fsp3) is 0.133. The first kappa shape index (κ1) is 16.3. The molecule has 0 N–H and O–H groups in total. The van der Waals surface area contributed by atoms with E-state index in [1.165, 1.54) is 24.3 Å². The first-order valence-electron chi connectivity index (χ1n) is 6.44. The van der Waals surface area contributed by atoms with Gasteiger partial charge in [-0.25, -0.2) is 4.39 Å². The first-order valence-corrected chi connectivity index (χ1v) is 6.44. The lowest BCUT2D eigenvalue weighted by molar-refractivity contribution is -0.163. The molecule has 0 aliphatic carbocycles. The highest BCUT2D eigenvalue weighted by Gasteiger charge is 2.48. The van der Waals surface area contributed by atoms with Gasteiger partial charge in [-0.3, -0.25) is 9.20 Å². The van der Waals surface area contributed by atoms with Crippen LogP contribution in [0.1, 0.15) is 11.1 Å². The van der Waals surface area contributed by atoms with Crippen molar-refractivity contribution in [2.24, 2.45) is 0 Å². The lowest BCUT2D eigenvalue weighted by atomic mass is 10.0. The zero-order valence-corrected chi connectivity index (χ0v) is 11.5. The standard InChI is InChI=1S/C15H6F7NO/c16-12-11(15(20,21)22)10(14(17,18)19)9-6-5-7-3-1-2-4-8(7)23(9)13(12)24/h1-6H. The van der Waals surface area contributed by atoms with Crippen molar-refractivity contribution in [3.05, 3.63) is 63.7 Å². The van der Waals surface area contributed by atoms with Gasteiger partial charge >= 0.3 is 12.4 Å². The molecule has 1 aromatic carbocycles. The van der Waals surface area contributed by atoms with E-state index in [1.54, 1.807) is 0 Å². The van der Waals surface area contributed by atoms with Gasteiger partial charge in [-0.1, -0.05) is 24.3 Å². The minimum absolute atomic E-state index is 0.127. The Kier molecular flexibility index (Phi) is 3.36. The van der Waals surface area contributed by atoms with Gasteiger partial charge in [0.2, 0.25) is 5.82 Å². The molecule has 0 aliphatic heterocycles. The summed E-state index contributed by atoms with van der Waals surface area (Å²) in [4.78, 5) is 12.0. The van der Waals surface area contributed by atoms with E-state index in [1.807, 2.05) is 0 Å². The maximum atomic E-state index is 14.0. The van der Waals surface area contributed by atoms with E-state index in [-0.39, 0.29) is 10.9 Å². The summed E-state index contributed by atoms with van der Waals surface area (Å²) >= 11 is 0. The number of hydrogen-bond donors (Lipinski definition) is 0. The van der Waals surface area contributed by atoms with Crippen molar-refractivity contribution >= 4 is 16.4 Å². The van der Waals surface area contributed by atoms with Gasteiger partial charge in [0, 0.05) is 0 Å². The molecule has 2 aromatic heterocycles. The van der Waals surface area contributed by atoms with Crippen molar-refractivity contribution in [1.82, 2.24) is 4.40 Å². The number of hydrogen-bond acceptors (Lipinski definition) is 1. The Morgan fingerprint density at radius 1 is 0.750 bits per heavy atom. The highest BCUT2D eigenvalue weighted by atomic mass is 19.4. The van der Waals surface area contributed by atoms with E-state index < -0.39 is 40.4 Å². The minimum Gasteiger partial charge on any atom is -0.274 e. The Bertz CT molecular complexity index is 1010. The molecule has 0 saturated carbocycles. The van der Waals surface area contributed by atoms with E-state index >= 15 is 0 Å². The number of halogens is 7. The minimum atomic E-state index is -5.67. The Balaban J connectivity index is 2.69. The van der Waals surface area contributed by atoms with Gasteiger partial charge in [0.15, 0.2) is 0 Å². The summed E-state index contributed by atoms with van der Waals surface area (Å²) in [5, 5.41) is 0.277. The van der Waals surface area contributed by atoms with Crippen LogP contribution in [-0.2, 0) is 12.4 Å². The number of rotatable bonds is 0. The summed E-state index contributed by atoms with van der Waals surface area (Å²) in [5.41, 5.74) is -7.80. The van der Waals surface area contributed by atoms with E-state index in [9.17, 15) is 35.5 Å². The second kappa shape index (κ2) is 4.96. The smallest absolute Gasteiger partial charge is 0.274 e. The summed E-state index contributed by atoms with van der Waals surface area (Å²) in [6, 6.07) is 7.40. The van der Waals surface area contributed by atoms with Crippen molar-refractivity contribution < 1.29 is 30.7 Å². The molecular weight excluding hydrogens is 343 g/mol. The van der Waals surface area contributed by atoms with Crippen molar-refractivity contribution in [1.29, 1.82) is 0 Å². The van der Waals surface area contributed by atoms with Crippen LogP contribution in [0.15, 0.2) is 41.2 Å². The summed E-state index contributed by atoms with van der Waals surface area (Å²) < 4.78 is 92.9. The van der Waals surface area contributed by atoms with Gasteiger partial charge in [-0.15, -0.1) is 0 Å². The number of alkyl halides is 6. The number of nitrogens with zero attached hydrogens (tertiary/aromatic N) is 1. The molecule has 0 saturated heterocycles. The van der Waals surface area contributed by atoms with Gasteiger partial charge < -0.3 is 0 Å². The lowest BCUT2D eigenvalue weighted by Crippen LogP contribution is -2.29. The van der Waals surface area contributed by atoms with Gasteiger partial charge in [-0.2, -0.15) is 26.3 Å². The number of fused-ring (bicyclic) bond motifs is 3. The van der Waals surface area contributed by atoms with Crippen molar-refractivity contribution in [3.8, 4) is 0 Å². The van der Waals surface area contributed by atoms with Crippen molar-refractivity contribution in [3.63, 3.8) is 0 Å².